The van der Waals surface area contributed by atoms with E-state index in [2.05, 4.69) is 0 Å². The topological polar surface area (TPSA) is 155 Å². The van der Waals surface area contributed by atoms with E-state index in [0.29, 0.717) is 0 Å². The van der Waals surface area contributed by atoms with Crippen molar-refractivity contribution >= 4 is 7.82 Å². The van der Waals surface area contributed by atoms with Crippen LogP contribution < -0.4 is 90.7 Å². The maximum atomic E-state index is 8.69. The normalized spacial score (nSPS) is 9.67. The van der Waals surface area contributed by atoms with Gasteiger partial charge in [-0.1, -0.05) is 0 Å². The molecule has 0 unspecified atom stereocenters. The van der Waals surface area contributed by atoms with E-state index in [0.717, 1.165) is 0 Å². The first-order valence-electron chi connectivity index (χ1n) is 1.38. The van der Waals surface area contributed by atoms with Gasteiger partial charge in [-0.3, -0.25) is 0 Å². The third-order valence-corrected chi connectivity index (χ3v) is 0. The first kappa shape index (κ1) is 24.1. The first-order chi connectivity index (χ1) is 4.00. The summed E-state index contributed by atoms with van der Waals surface area (Å²) in [5.74, 6) is 0. The van der Waals surface area contributed by atoms with Gasteiger partial charge in [-0.05, 0) is 0 Å². The Kier molecular flexibility index (Phi) is 20.4. The van der Waals surface area contributed by atoms with E-state index in [4.69, 9.17) is 34.9 Å². The van der Waals surface area contributed by atoms with Crippen molar-refractivity contribution in [3.05, 3.63) is 0 Å². The number of hydrogen-bond acceptors (Lipinski definition) is 6. The quantitative estimate of drug-likeness (QED) is 0.327. The SMILES string of the molecule is O=P([O-])([O-])O.[K+].[Na+].[O]=[Mn](=[O])(=[O])[OH]. The van der Waals surface area contributed by atoms with Gasteiger partial charge in [0.15, 0.2) is 0 Å². The fraction of sp³-hybridized carbons (Fsp3) is 0. The molecule has 0 spiro atoms. The van der Waals surface area contributed by atoms with Crippen LogP contribution in [0.4, 0.5) is 0 Å². The summed E-state index contributed by atoms with van der Waals surface area (Å²) in [5.41, 5.74) is 0. The van der Waals surface area contributed by atoms with E-state index in [1.165, 1.54) is 0 Å². The second-order valence-corrected chi connectivity index (χ2v) is 3.04. The molecule has 0 aromatic carbocycles. The van der Waals surface area contributed by atoms with Crippen molar-refractivity contribution in [2.75, 3.05) is 0 Å². The molecule has 12 heavy (non-hydrogen) atoms. The molecule has 64 valence electrons. The molecule has 0 amide bonds. The van der Waals surface area contributed by atoms with Gasteiger partial charge in [0.2, 0.25) is 0 Å². The summed E-state index contributed by atoms with van der Waals surface area (Å²) < 4.78 is 41.7. The predicted octanol–water partition coefficient (Wildman–Crippen LogP) is -9.10. The van der Waals surface area contributed by atoms with Crippen LogP contribution in [0.5, 0.6) is 0 Å². The third-order valence-electron chi connectivity index (χ3n) is 0. The number of rotatable bonds is 0. The summed E-state index contributed by atoms with van der Waals surface area (Å²) in [4.78, 5) is 24.3. The molecule has 0 radical (unpaired) electrons. The molecule has 12 heteroatoms. The Balaban J connectivity index is -0.0000000457. The molecule has 8 nitrogen and oxygen atoms in total. The Labute approximate surface area is 134 Å². The van der Waals surface area contributed by atoms with Crippen molar-refractivity contribution in [3.8, 4) is 0 Å². The molecule has 0 rings (SSSR count). The van der Waals surface area contributed by atoms with Crippen LogP contribution in [0.3, 0.4) is 0 Å². The molecule has 0 saturated carbocycles. The van der Waals surface area contributed by atoms with Crippen LogP contribution in [0.2, 0.25) is 0 Å². The van der Waals surface area contributed by atoms with Gasteiger partial charge < -0.3 is 19.2 Å². The van der Waals surface area contributed by atoms with Gasteiger partial charge in [-0.2, -0.15) is 0 Å². The third kappa shape index (κ3) is 247. The van der Waals surface area contributed by atoms with Crippen molar-refractivity contribution in [2.24, 2.45) is 0 Å². The van der Waals surface area contributed by atoms with Crippen LogP contribution >= 0.6 is 7.82 Å². The van der Waals surface area contributed by atoms with Crippen molar-refractivity contribution in [3.63, 3.8) is 0 Å². The van der Waals surface area contributed by atoms with Crippen molar-refractivity contribution in [1.29, 1.82) is 0 Å². The van der Waals surface area contributed by atoms with Crippen LogP contribution in [-0.4, -0.2) is 9.08 Å². The van der Waals surface area contributed by atoms with Gasteiger partial charge in [0.1, 0.15) is 0 Å². The molecule has 0 aliphatic carbocycles. The van der Waals surface area contributed by atoms with E-state index in [9.17, 15) is 0 Å². The Bertz CT molecular complexity index is 243. The molecule has 2 N–H and O–H groups in total. The second kappa shape index (κ2) is 10.2. The summed E-state index contributed by atoms with van der Waals surface area (Å²) in [5, 5.41) is 0. The van der Waals surface area contributed by atoms with Crippen LogP contribution in [0.1, 0.15) is 0 Å². The van der Waals surface area contributed by atoms with Gasteiger partial charge in [0.25, 0.3) is 0 Å². The summed E-state index contributed by atoms with van der Waals surface area (Å²) in [6.45, 7) is 0. The zero-order chi connectivity index (χ0) is 9.00. The Morgan fingerprint density at radius 1 is 1.17 bits per heavy atom. The van der Waals surface area contributed by atoms with Gasteiger partial charge >= 0.3 is 110 Å². The molecule has 0 heterocycles. The molecule has 0 saturated heterocycles. The molecule has 0 aliphatic rings. The van der Waals surface area contributed by atoms with Crippen molar-refractivity contribution < 1.29 is 129 Å². The summed E-state index contributed by atoms with van der Waals surface area (Å²) in [6.07, 6.45) is 0. The predicted molar refractivity (Wildman–Crippen MR) is 14.1 cm³/mol. The summed E-state index contributed by atoms with van der Waals surface area (Å²) in [7, 11) is -5.14. The van der Waals surface area contributed by atoms with Gasteiger partial charge in [0, 0.05) is 0 Å². The van der Waals surface area contributed by atoms with Gasteiger partial charge in [0.05, 0.1) is 7.82 Å². The van der Waals surface area contributed by atoms with E-state index < -0.39 is 20.8 Å². The van der Waals surface area contributed by atoms with Gasteiger partial charge in [-0.15, -0.1) is 0 Å². The zero-order valence-corrected chi connectivity index (χ0v) is 13.4. The molecule has 0 atom stereocenters. The van der Waals surface area contributed by atoms with Crippen LogP contribution in [0, 0.1) is 0 Å². The van der Waals surface area contributed by atoms with Crippen molar-refractivity contribution in [2.45, 2.75) is 0 Å². The standard InChI is InChI=1S/K.Mn.Na.H3O4P.H2O.3O/c;;;1-5(2,3)4;;;;/h;;;(H3,1,2,3,4);1H2;;;/q3*+1;;;;;/p-3. The van der Waals surface area contributed by atoms with Crippen LogP contribution in [0.25, 0.3) is 0 Å². The molecule has 0 bridgehead atoms. The Morgan fingerprint density at radius 2 is 1.17 bits per heavy atom. The monoisotopic (exact) mass is 278 g/mol. The fourth-order valence-corrected chi connectivity index (χ4v) is 0. The maximum absolute atomic E-state index is 8.69. The van der Waals surface area contributed by atoms with E-state index in [1.54, 1.807) is 0 Å². The van der Waals surface area contributed by atoms with Crippen LogP contribution in [0.15, 0.2) is 0 Å². The van der Waals surface area contributed by atoms with Gasteiger partial charge in [-0.25, -0.2) is 0 Å². The summed E-state index contributed by atoms with van der Waals surface area (Å²) >= 11 is -5.38. The molecule has 0 aliphatic heterocycles. The number of hydrogen-bond donors (Lipinski definition) is 2. The minimum absolute atomic E-state index is 0. The average Bonchev–Trinajstić information content (AvgIpc) is 1.12. The molecule has 0 aromatic rings. The molecular formula is H2KMnNaO8P. The van der Waals surface area contributed by atoms with Crippen LogP contribution in [-0.2, 0) is 29.0 Å². The van der Waals surface area contributed by atoms with E-state index in [1.807, 2.05) is 0 Å². The zero-order valence-electron chi connectivity index (χ0n) is 6.17. The fourth-order valence-electron chi connectivity index (χ4n) is 0. The Morgan fingerprint density at radius 3 is 1.17 bits per heavy atom. The second-order valence-electron chi connectivity index (χ2n) is 0.865. The minimum atomic E-state index is -5.38. The molecular weight excluding hydrogens is 276 g/mol. The Hall–Kier alpha value is 2.63. The van der Waals surface area contributed by atoms with E-state index >= 15 is 0 Å². The number of phosphoric acid groups is 1. The molecule has 0 fully saturated rings. The van der Waals surface area contributed by atoms with E-state index in [-0.39, 0.29) is 80.9 Å². The summed E-state index contributed by atoms with van der Waals surface area (Å²) in [6, 6.07) is 0. The molecule has 0 aromatic heterocycles. The van der Waals surface area contributed by atoms with Crippen molar-refractivity contribution in [1.82, 2.24) is 0 Å². The first-order valence-corrected chi connectivity index (χ1v) is 4.85. The average molecular weight is 278 g/mol.